The van der Waals surface area contributed by atoms with Crippen molar-refractivity contribution in [1.29, 1.82) is 0 Å². The van der Waals surface area contributed by atoms with Crippen molar-refractivity contribution in [3.05, 3.63) is 59.2 Å². The number of rotatable bonds is 5. The second-order valence-electron chi connectivity index (χ2n) is 6.73. The summed E-state index contributed by atoms with van der Waals surface area (Å²) in [4.78, 5) is 15.7. The van der Waals surface area contributed by atoms with Crippen LogP contribution in [0.1, 0.15) is 17.7 Å². The van der Waals surface area contributed by atoms with E-state index in [-0.39, 0.29) is 34.3 Å². The van der Waals surface area contributed by atoms with E-state index in [1.54, 1.807) is 11.6 Å². The number of hydrogen-bond donors (Lipinski definition) is 0. The molecule has 0 N–H and O–H groups in total. The minimum absolute atomic E-state index is 0.0231. The number of nitrogens with zero attached hydrogens (tertiary/aromatic N) is 2. The summed E-state index contributed by atoms with van der Waals surface area (Å²) in [7, 11) is -2.96. The lowest BCUT2D eigenvalue weighted by Crippen LogP contribution is -2.16. The first kappa shape index (κ1) is 21.3. The van der Waals surface area contributed by atoms with Crippen molar-refractivity contribution in [2.45, 2.75) is 23.9 Å². The van der Waals surface area contributed by atoms with Gasteiger partial charge in [0, 0.05) is 11.1 Å². The lowest BCUT2D eigenvalue weighted by Gasteiger charge is -2.12. The Morgan fingerprint density at radius 1 is 1.16 bits per heavy atom. The maximum atomic E-state index is 13.5. The Bertz CT molecular complexity index is 1410. The fourth-order valence-corrected chi connectivity index (χ4v) is 5.70. The Hall–Kier alpha value is -2.92. The Kier molecular flexibility index (Phi) is 5.26. The molecular weight excluding hydrogens is 453 g/mol. The zero-order valence-corrected chi connectivity index (χ0v) is 17.6. The summed E-state index contributed by atoms with van der Waals surface area (Å²) in [5.41, 5.74) is 1.62. The molecule has 0 atom stereocenters. The van der Waals surface area contributed by atoms with Gasteiger partial charge >= 0.3 is 12.1 Å². The number of alkyl halides is 3. The number of thiazole rings is 1. The van der Waals surface area contributed by atoms with Crippen LogP contribution in [0.4, 0.5) is 13.2 Å². The monoisotopic (exact) mass is 468 g/mol. The van der Waals surface area contributed by atoms with E-state index in [2.05, 4.69) is 9.72 Å². The Morgan fingerprint density at radius 3 is 2.65 bits per heavy atom. The minimum Gasteiger partial charge on any atom is -0.469 e. The molecule has 2 aromatic carbocycles. The Labute approximate surface area is 178 Å². The van der Waals surface area contributed by atoms with Crippen molar-refractivity contribution in [3.63, 3.8) is 0 Å². The van der Waals surface area contributed by atoms with Crippen molar-refractivity contribution < 1.29 is 31.1 Å². The molecule has 0 saturated carbocycles. The third-order valence-corrected chi connectivity index (χ3v) is 7.36. The third-order valence-electron chi connectivity index (χ3n) is 4.81. The van der Waals surface area contributed by atoms with Gasteiger partial charge in [-0.05, 0) is 48.9 Å². The van der Waals surface area contributed by atoms with E-state index >= 15 is 0 Å². The van der Waals surface area contributed by atoms with Crippen LogP contribution in [0.15, 0.2) is 52.9 Å². The van der Waals surface area contributed by atoms with Crippen LogP contribution in [0, 0.1) is 0 Å². The molecule has 0 fully saturated rings. The van der Waals surface area contributed by atoms with Crippen LogP contribution in [0.25, 0.3) is 21.1 Å². The van der Waals surface area contributed by atoms with Gasteiger partial charge in [0.15, 0.2) is 0 Å². The highest BCUT2D eigenvalue weighted by Gasteiger charge is 2.32. The smallest absolute Gasteiger partial charge is 0.416 e. The lowest BCUT2D eigenvalue weighted by molar-refractivity contribution is -0.140. The van der Waals surface area contributed by atoms with Crippen molar-refractivity contribution >= 4 is 48.4 Å². The molecule has 4 rings (SSSR count). The van der Waals surface area contributed by atoms with E-state index in [1.165, 1.54) is 36.6 Å². The quantitative estimate of drug-likeness (QED) is 0.400. The van der Waals surface area contributed by atoms with Crippen molar-refractivity contribution in [3.8, 4) is 0 Å². The van der Waals surface area contributed by atoms with Crippen LogP contribution in [-0.2, 0) is 32.2 Å². The highest BCUT2D eigenvalue weighted by atomic mass is 32.2. The highest BCUT2D eigenvalue weighted by molar-refractivity contribution is 7.90. The number of halogens is 3. The number of methoxy groups -OCH3 is 1. The summed E-state index contributed by atoms with van der Waals surface area (Å²) in [6, 6.07) is 8.67. The summed E-state index contributed by atoms with van der Waals surface area (Å²) in [6.07, 6.45) is -4.72. The first-order valence-corrected chi connectivity index (χ1v) is 11.3. The minimum atomic E-state index is -4.57. The Morgan fingerprint density at radius 2 is 1.94 bits per heavy atom. The van der Waals surface area contributed by atoms with E-state index in [1.807, 2.05) is 0 Å². The van der Waals surface area contributed by atoms with Crippen LogP contribution in [0.2, 0.25) is 0 Å². The number of carbonyl (C=O) groups excluding carboxylic acids is 1. The number of carbonyl (C=O) groups is 1. The molecule has 0 aliphatic rings. The normalized spacial score (nSPS) is 12.5. The van der Waals surface area contributed by atoms with Crippen LogP contribution in [-0.4, -0.2) is 30.5 Å². The van der Waals surface area contributed by atoms with Gasteiger partial charge in [0.25, 0.3) is 10.0 Å². The van der Waals surface area contributed by atoms with Crippen LogP contribution < -0.4 is 0 Å². The number of aromatic nitrogens is 2. The summed E-state index contributed by atoms with van der Waals surface area (Å²) in [6.45, 7) is 0. The van der Waals surface area contributed by atoms with E-state index in [9.17, 15) is 26.4 Å². The largest absolute Gasteiger partial charge is 0.469 e. The van der Waals surface area contributed by atoms with E-state index in [4.69, 9.17) is 0 Å². The molecule has 0 radical (unpaired) electrons. The molecular formula is C20H15F3N2O4S2. The van der Waals surface area contributed by atoms with Crippen molar-refractivity contribution in [2.75, 3.05) is 7.11 Å². The second-order valence-corrected chi connectivity index (χ2v) is 9.41. The van der Waals surface area contributed by atoms with E-state index < -0.39 is 27.7 Å². The van der Waals surface area contributed by atoms with Crippen molar-refractivity contribution in [2.24, 2.45) is 0 Å². The van der Waals surface area contributed by atoms with E-state index in [0.29, 0.717) is 10.2 Å². The number of esters is 1. The molecule has 0 unspecified atom stereocenters. The van der Waals surface area contributed by atoms with Crippen LogP contribution >= 0.6 is 11.3 Å². The molecule has 0 aliphatic heterocycles. The summed E-state index contributed by atoms with van der Waals surface area (Å²) >= 11 is 1.27. The maximum Gasteiger partial charge on any atom is 0.416 e. The molecule has 31 heavy (non-hydrogen) atoms. The predicted molar refractivity (Wildman–Crippen MR) is 109 cm³/mol. The van der Waals surface area contributed by atoms with Gasteiger partial charge in [-0.15, -0.1) is 11.3 Å². The number of ether oxygens (including phenoxy) is 1. The molecule has 162 valence electrons. The first-order valence-electron chi connectivity index (χ1n) is 8.98. The fourth-order valence-electron chi connectivity index (χ4n) is 3.32. The SMILES string of the molecule is COC(=O)CCc1cc2cc(C(F)(F)F)ccc2n1S(=O)(=O)c1ccc2ncsc2c1. The van der Waals surface area contributed by atoms with Gasteiger partial charge in [0.1, 0.15) is 0 Å². The molecule has 11 heteroatoms. The van der Waals surface area contributed by atoms with Gasteiger partial charge in [-0.1, -0.05) is 0 Å². The predicted octanol–water partition coefficient (Wildman–Crippen LogP) is 4.61. The molecule has 0 bridgehead atoms. The summed E-state index contributed by atoms with van der Waals surface area (Å²) in [5, 5.41) is 0.108. The molecule has 2 aromatic heterocycles. The van der Waals surface area contributed by atoms with Gasteiger partial charge < -0.3 is 4.74 Å². The van der Waals surface area contributed by atoms with Gasteiger partial charge in [-0.2, -0.15) is 13.2 Å². The highest BCUT2D eigenvalue weighted by Crippen LogP contribution is 2.34. The zero-order chi connectivity index (χ0) is 22.4. The third kappa shape index (κ3) is 3.90. The summed E-state index contributed by atoms with van der Waals surface area (Å²) in [5.74, 6) is -0.559. The fraction of sp³-hybridized carbons (Fsp3) is 0.200. The molecule has 0 aliphatic carbocycles. The molecule has 0 spiro atoms. The molecule has 2 heterocycles. The lowest BCUT2D eigenvalue weighted by atomic mass is 10.1. The van der Waals surface area contributed by atoms with Gasteiger partial charge in [0.05, 0.1) is 45.2 Å². The number of hydrogen-bond acceptors (Lipinski definition) is 6. The van der Waals surface area contributed by atoms with Gasteiger partial charge in [-0.3, -0.25) is 4.79 Å². The average molecular weight is 468 g/mol. The number of fused-ring (bicyclic) bond motifs is 2. The molecule has 4 aromatic rings. The Balaban J connectivity index is 1.91. The van der Waals surface area contributed by atoms with Gasteiger partial charge in [-0.25, -0.2) is 17.4 Å². The topological polar surface area (TPSA) is 78.3 Å². The van der Waals surface area contributed by atoms with Crippen molar-refractivity contribution in [1.82, 2.24) is 8.96 Å². The van der Waals surface area contributed by atoms with Gasteiger partial charge in [0.2, 0.25) is 0 Å². The molecule has 6 nitrogen and oxygen atoms in total. The van der Waals surface area contributed by atoms with Crippen LogP contribution in [0.3, 0.4) is 0 Å². The standard InChI is InChI=1S/C20H15F3N2O4S2/c1-29-19(26)7-3-14-9-12-8-13(20(21,22)23)2-6-17(12)25(14)31(27,28)15-4-5-16-18(10-15)30-11-24-16/h2,4-6,8-11H,3,7H2,1H3. The first-order chi connectivity index (χ1) is 14.6. The van der Waals surface area contributed by atoms with Crippen LogP contribution in [0.5, 0.6) is 0 Å². The summed E-state index contributed by atoms with van der Waals surface area (Å²) < 4.78 is 72.7. The average Bonchev–Trinajstić information content (AvgIpc) is 3.34. The second kappa shape index (κ2) is 7.65. The van der Waals surface area contributed by atoms with E-state index in [0.717, 1.165) is 22.2 Å². The number of aryl methyl sites for hydroxylation is 1. The maximum absolute atomic E-state index is 13.5. The number of benzene rings is 2. The molecule has 0 amide bonds. The molecule has 0 saturated heterocycles. The zero-order valence-electron chi connectivity index (χ0n) is 16.0.